The van der Waals surface area contributed by atoms with Crippen molar-refractivity contribution in [1.82, 2.24) is 0 Å². The summed E-state index contributed by atoms with van der Waals surface area (Å²) in [6.07, 6.45) is 3.41. The van der Waals surface area contributed by atoms with E-state index in [0.717, 1.165) is 11.1 Å². The number of hydrogen-bond donors (Lipinski definition) is 1. The summed E-state index contributed by atoms with van der Waals surface area (Å²) in [4.78, 5) is 20.9. The summed E-state index contributed by atoms with van der Waals surface area (Å²) in [6.45, 7) is 8.55. The summed E-state index contributed by atoms with van der Waals surface area (Å²) >= 11 is 0. The van der Waals surface area contributed by atoms with Gasteiger partial charge in [-0.15, -0.1) is 0 Å². The maximum absolute atomic E-state index is 10.5. The van der Waals surface area contributed by atoms with Crippen molar-refractivity contribution in [3.05, 3.63) is 78.4 Å². The first-order valence-electron chi connectivity index (χ1n) is 6.83. The average molecular weight is 310 g/mol. The molecule has 0 spiro atoms. The van der Waals surface area contributed by atoms with Gasteiger partial charge in [0, 0.05) is 6.92 Å². The molecule has 1 N–H and O–H groups in total. The van der Waals surface area contributed by atoms with Crippen LogP contribution in [0.2, 0.25) is 0 Å². The van der Waals surface area contributed by atoms with Crippen LogP contribution >= 0.6 is 0 Å². The van der Waals surface area contributed by atoms with Crippen LogP contribution in [-0.4, -0.2) is 17.0 Å². The van der Waals surface area contributed by atoms with Crippen LogP contribution in [0, 0.1) is 0 Å². The first-order chi connectivity index (χ1) is 11.0. The number of hydrogen-bond acceptors (Lipinski definition) is 3. The number of rotatable bonds is 4. The minimum Gasteiger partial charge on any atom is -0.478 e. The number of carboxylic acids is 1. The van der Waals surface area contributed by atoms with Gasteiger partial charge in [0.25, 0.3) is 0 Å². The van der Waals surface area contributed by atoms with E-state index in [0.29, 0.717) is 11.3 Å². The van der Waals surface area contributed by atoms with E-state index in [1.54, 1.807) is 48.6 Å². The Labute approximate surface area is 135 Å². The fourth-order valence-corrected chi connectivity index (χ4v) is 1.60. The van der Waals surface area contributed by atoms with Crippen molar-refractivity contribution >= 4 is 24.1 Å². The van der Waals surface area contributed by atoms with Crippen LogP contribution in [0.4, 0.5) is 0 Å². The van der Waals surface area contributed by atoms with Crippen molar-refractivity contribution in [2.45, 2.75) is 6.92 Å². The van der Waals surface area contributed by atoms with Gasteiger partial charge in [-0.3, -0.25) is 4.79 Å². The van der Waals surface area contributed by atoms with Gasteiger partial charge in [0.05, 0.1) is 5.56 Å². The molecule has 2 rings (SSSR count). The number of carboxylic acid groups (broad SMARTS) is 1. The van der Waals surface area contributed by atoms with Crippen LogP contribution in [0.1, 0.15) is 28.4 Å². The lowest BCUT2D eigenvalue weighted by molar-refractivity contribution is -0.131. The largest absolute Gasteiger partial charge is 0.478 e. The number of ether oxygens (including phenoxy) is 1. The molecular formula is C19H18O4. The number of carbonyl (C=O) groups is 2. The summed E-state index contributed by atoms with van der Waals surface area (Å²) < 4.78 is 4.84. The molecule has 2 aromatic carbocycles. The minimum absolute atomic E-state index is 0.301. The normalized spacial score (nSPS) is 9.09. The molecule has 0 aliphatic rings. The van der Waals surface area contributed by atoms with Crippen molar-refractivity contribution in [3.63, 3.8) is 0 Å². The minimum atomic E-state index is -0.902. The summed E-state index contributed by atoms with van der Waals surface area (Å²) in [6, 6.07) is 13.7. The lowest BCUT2D eigenvalue weighted by Gasteiger charge is -1.99. The lowest BCUT2D eigenvalue weighted by atomic mass is 10.1. The van der Waals surface area contributed by atoms with E-state index in [1.165, 1.54) is 6.92 Å². The average Bonchev–Trinajstić information content (AvgIpc) is 2.55. The molecule has 0 radical (unpaired) electrons. The van der Waals surface area contributed by atoms with E-state index < -0.39 is 5.97 Å². The Hall–Kier alpha value is -3.14. The first kappa shape index (κ1) is 17.9. The Kier molecular flexibility index (Phi) is 7.01. The van der Waals surface area contributed by atoms with E-state index in [-0.39, 0.29) is 5.97 Å². The van der Waals surface area contributed by atoms with Crippen molar-refractivity contribution in [2.24, 2.45) is 0 Å². The van der Waals surface area contributed by atoms with Crippen molar-refractivity contribution in [2.75, 3.05) is 0 Å². The predicted octanol–water partition coefficient (Wildman–Crippen LogP) is 4.28. The zero-order valence-electron chi connectivity index (χ0n) is 12.9. The van der Waals surface area contributed by atoms with E-state index in [1.807, 2.05) is 12.1 Å². The number of aromatic carboxylic acids is 1. The third-order valence-electron chi connectivity index (χ3n) is 2.77. The number of esters is 1. The first-order valence-corrected chi connectivity index (χ1v) is 6.83. The van der Waals surface area contributed by atoms with Gasteiger partial charge >= 0.3 is 11.9 Å². The molecular weight excluding hydrogens is 292 g/mol. The Morgan fingerprint density at radius 1 is 0.913 bits per heavy atom. The molecule has 23 heavy (non-hydrogen) atoms. The highest BCUT2D eigenvalue weighted by Gasteiger charge is 1.99. The van der Waals surface area contributed by atoms with E-state index in [9.17, 15) is 9.59 Å². The molecule has 4 heteroatoms. The zero-order chi connectivity index (χ0) is 17.2. The topological polar surface area (TPSA) is 63.6 Å². The number of benzene rings is 2. The molecule has 4 nitrogen and oxygen atoms in total. The zero-order valence-corrected chi connectivity index (χ0v) is 12.9. The van der Waals surface area contributed by atoms with Crippen LogP contribution < -0.4 is 4.74 Å². The van der Waals surface area contributed by atoms with Gasteiger partial charge in [-0.2, -0.15) is 0 Å². The fourth-order valence-electron chi connectivity index (χ4n) is 1.60. The lowest BCUT2D eigenvalue weighted by Crippen LogP contribution is -2.00. The SMILES string of the molecule is C=Cc1ccc(C(=O)O)cc1.C=Cc1ccc(OC(C)=O)cc1. The molecule has 0 amide bonds. The molecule has 0 saturated heterocycles. The summed E-state index contributed by atoms with van der Waals surface area (Å²) in [5, 5.41) is 8.52. The van der Waals surface area contributed by atoms with Crippen LogP contribution in [0.25, 0.3) is 12.2 Å². The Morgan fingerprint density at radius 2 is 1.35 bits per heavy atom. The molecule has 0 aliphatic carbocycles. The van der Waals surface area contributed by atoms with Crippen molar-refractivity contribution in [1.29, 1.82) is 0 Å². The molecule has 0 saturated carbocycles. The second kappa shape index (κ2) is 9.00. The molecule has 0 bridgehead atoms. The highest BCUT2D eigenvalue weighted by Crippen LogP contribution is 2.12. The standard InChI is InChI=1S/C10H10O2.C9H8O2/c1-3-9-4-6-10(7-5-9)12-8(2)11;1-2-7-3-5-8(6-4-7)9(10)11/h3-7H,1H2,2H3;2-6H,1H2,(H,10,11). The molecule has 0 fully saturated rings. The Morgan fingerprint density at radius 3 is 1.70 bits per heavy atom. The maximum Gasteiger partial charge on any atom is 0.335 e. The van der Waals surface area contributed by atoms with Gasteiger partial charge in [-0.25, -0.2) is 4.79 Å². The van der Waals surface area contributed by atoms with Gasteiger partial charge in [0.15, 0.2) is 0 Å². The Balaban J connectivity index is 0.000000231. The third kappa shape index (κ3) is 6.44. The second-order valence-electron chi connectivity index (χ2n) is 4.50. The highest BCUT2D eigenvalue weighted by atomic mass is 16.5. The van der Waals surface area contributed by atoms with Gasteiger partial charge in [0.2, 0.25) is 0 Å². The summed E-state index contributed by atoms with van der Waals surface area (Å²) in [5.41, 5.74) is 2.23. The van der Waals surface area contributed by atoms with Crippen LogP contribution in [-0.2, 0) is 4.79 Å². The molecule has 0 atom stereocenters. The van der Waals surface area contributed by atoms with Crippen LogP contribution in [0.5, 0.6) is 5.75 Å². The molecule has 2 aromatic rings. The van der Waals surface area contributed by atoms with E-state index >= 15 is 0 Å². The van der Waals surface area contributed by atoms with Gasteiger partial charge in [0.1, 0.15) is 5.75 Å². The van der Waals surface area contributed by atoms with Gasteiger partial charge < -0.3 is 9.84 Å². The smallest absolute Gasteiger partial charge is 0.335 e. The van der Waals surface area contributed by atoms with Crippen LogP contribution in [0.3, 0.4) is 0 Å². The van der Waals surface area contributed by atoms with Crippen molar-refractivity contribution in [3.8, 4) is 5.75 Å². The van der Waals surface area contributed by atoms with Gasteiger partial charge in [-0.05, 0) is 35.4 Å². The summed E-state index contributed by atoms with van der Waals surface area (Å²) in [5.74, 6) is -0.643. The quantitative estimate of drug-likeness (QED) is 0.676. The molecule has 118 valence electrons. The van der Waals surface area contributed by atoms with Crippen LogP contribution in [0.15, 0.2) is 61.7 Å². The molecule has 0 aromatic heterocycles. The highest BCUT2D eigenvalue weighted by molar-refractivity contribution is 5.87. The fraction of sp³-hybridized carbons (Fsp3) is 0.0526. The second-order valence-corrected chi connectivity index (χ2v) is 4.50. The molecule has 0 heterocycles. The van der Waals surface area contributed by atoms with E-state index in [2.05, 4.69) is 13.2 Å². The third-order valence-corrected chi connectivity index (χ3v) is 2.77. The number of carbonyl (C=O) groups excluding carboxylic acids is 1. The molecule has 0 aliphatic heterocycles. The maximum atomic E-state index is 10.5. The monoisotopic (exact) mass is 310 g/mol. The summed E-state index contributed by atoms with van der Waals surface area (Å²) in [7, 11) is 0. The predicted molar refractivity (Wildman–Crippen MR) is 91.3 cm³/mol. The Bertz CT molecular complexity index is 682. The van der Waals surface area contributed by atoms with Gasteiger partial charge in [-0.1, -0.05) is 49.6 Å². The molecule has 0 unspecified atom stereocenters. The van der Waals surface area contributed by atoms with Crippen molar-refractivity contribution < 1.29 is 19.4 Å². The van der Waals surface area contributed by atoms with E-state index in [4.69, 9.17) is 9.84 Å².